The van der Waals surface area contributed by atoms with Gasteiger partial charge in [-0.15, -0.1) is 0 Å². The molecule has 0 radical (unpaired) electrons. The highest BCUT2D eigenvalue weighted by Gasteiger charge is 2.30. The van der Waals surface area contributed by atoms with Crippen molar-refractivity contribution < 1.29 is 4.79 Å². The zero-order valence-corrected chi connectivity index (χ0v) is 13.9. The summed E-state index contributed by atoms with van der Waals surface area (Å²) in [5.41, 5.74) is 2.62. The smallest absolute Gasteiger partial charge is 0.254 e. The Bertz CT molecular complexity index is 909. The maximum absolute atomic E-state index is 13.0. The Hall–Kier alpha value is -2.69. The van der Waals surface area contributed by atoms with E-state index in [4.69, 9.17) is 0 Å². The molecule has 1 fully saturated rings. The Labute approximate surface area is 140 Å². The summed E-state index contributed by atoms with van der Waals surface area (Å²) in [6.07, 6.45) is 4.75. The minimum Gasteiger partial charge on any atom is -0.338 e. The van der Waals surface area contributed by atoms with Crippen LogP contribution in [0.25, 0.3) is 10.9 Å². The summed E-state index contributed by atoms with van der Waals surface area (Å²) < 4.78 is 2.08. The molecule has 122 valence electrons. The Morgan fingerprint density at radius 2 is 2.12 bits per heavy atom. The van der Waals surface area contributed by atoms with Crippen LogP contribution in [0.15, 0.2) is 42.7 Å². The average molecular weight is 320 g/mol. The van der Waals surface area contributed by atoms with Crippen molar-refractivity contribution in [1.82, 2.24) is 19.4 Å². The van der Waals surface area contributed by atoms with Crippen molar-refractivity contribution in [3.63, 3.8) is 0 Å². The molecule has 0 bridgehead atoms. The molecule has 3 heterocycles. The van der Waals surface area contributed by atoms with Crippen LogP contribution in [-0.2, 0) is 7.05 Å². The molecule has 1 amide bonds. The van der Waals surface area contributed by atoms with E-state index in [1.807, 2.05) is 55.4 Å². The minimum atomic E-state index is 0.0852. The van der Waals surface area contributed by atoms with Crippen molar-refractivity contribution >= 4 is 16.8 Å². The first-order valence-electron chi connectivity index (χ1n) is 8.26. The summed E-state index contributed by atoms with van der Waals surface area (Å²) in [7, 11) is 2.02. The predicted octanol–water partition coefficient (Wildman–Crippen LogP) is 2.91. The van der Waals surface area contributed by atoms with Crippen LogP contribution in [0.3, 0.4) is 0 Å². The number of benzene rings is 1. The Balaban J connectivity index is 1.60. The van der Waals surface area contributed by atoms with Gasteiger partial charge in [0, 0.05) is 49.4 Å². The lowest BCUT2D eigenvalue weighted by Crippen LogP contribution is -2.28. The minimum absolute atomic E-state index is 0.0852. The molecule has 5 nitrogen and oxygen atoms in total. The summed E-state index contributed by atoms with van der Waals surface area (Å²) in [5.74, 6) is 1.46. The van der Waals surface area contributed by atoms with Crippen LogP contribution in [0.1, 0.15) is 34.2 Å². The lowest BCUT2D eigenvalue weighted by molar-refractivity contribution is 0.0792. The number of amides is 1. The van der Waals surface area contributed by atoms with Gasteiger partial charge in [0.2, 0.25) is 0 Å². The Morgan fingerprint density at radius 1 is 1.25 bits per heavy atom. The molecule has 1 aliphatic heterocycles. The lowest BCUT2D eigenvalue weighted by Gasteiger charge is -2.17. The molecule has 1 aromatic carbocycles. The molecule has 0 spiro atoms. The van der Waals surface area contributed by atoms with Crippen molar-refractivity contribution in [2.45, 2.75) is 19.3 Å². The van der Waals surface area contributed by atoms with Crippen LogP contribution < -0.4 is 0 Å². The fourth-order valence-corrected chi connectivity index (χ4v) is 3.63. The number of hydrogen-bond acceptors (Lipinski definition) is 3. The molecule has 4 rings (SSSR count). The van der Waals surface area contributed by atoms with Gasteiger partial charge >= 0.3 is 0 Å². The number of fused-ring (bicyclic) bond motifs is 1. The molecule has 1 atom stereocenters. The zero-order chi connectivity index (χ0) is 16.7. The molecule has 2 aromatic heterocycles. The molecule has 3 aromatic rings. The van der Waals surface area contributed by atoms with Crippen molar-refractivity contribution in [2.75, 3.05) is 13.1 Å². The second-order valence-corrected chi connectivity index (χ2v) is 6.46. The molecule has 5 heteroatoms. The average Bonchev–Trinajstić information content (AvgIpc) is 3.20. The number of pyridine rings is 1. The number of nitrogens with zero attached hydrogens (tertiary/aromatic N) is 4. The number of aromatic nitrogens is 3. The number of imidazole rings is 1. The van der Waals surface area contributed by atoms with Crippen LogP contribution >= 0.6 is 0 Å². The quantitative estimate of drug-likeness (QED) is 0.729. The van der Waals surface area contributed by atoms with Gasteiger partial charge in [0.25, 0.3) is 5.91 Å². The Morgan fingerprint density at radius 3 is 2.92 bits per heavy atom. The van der Waals surface area contributed by atoms with Crippen molar-refractivity contribution in [2.24, 2.45) is 7.05 Å². The maximum Gasteiger partial charge on any atom is 0.254 e. The van der Waals surface area contributed by atoms with Gasteiger partial charge in [-0.1, -0.05) is 12.1 Å². The topological polar surface area (TPSA) is 51.0 Å². The fourth-order valence-electron chi connectivity index (χ4n) is 3.63. The summed E-state index contributed by atoms with van der Waals surface area (Å²) in [6, 6.07) is 9.58. The molecule has 1 aliphatic rings. The van der Waals surface area contributed by atoms with Crippen LogP contribution in [0, 0.1) is 6.92 Å². The van der Waals surface area contributed by atoms with Crippen molar-refractivity contribution in [3.8, 4) is 0 Å². The number of likely N-dealkylation sites (tertiary alicyclic amines) is 1. The number of aryl methyl sites for hydroxylation is 2. The third kappa shape index (κ3) is 2.46. The van der Waals surface area contributed by atoms with Gasteiger partial charge in [0.1, 0.15) is 5.82 Å². The number of rotatable bonds is 2. The van der Waals surface area contributed by atoms with E-state index in [1.54, 1.807) is 6.20 Å². The highest BCUT2D eigenvalue weighted by Crippen LogP contribution is 2.28. The first-order valence-corrected chi connectivity index (χ1v) is 8.26. The molecule has 0 N–H and O–H groups in total. The van der Waals surface area contributed by atoms with E-state index in [9.17, 15) is 4.79 Å². The van der Waals surface area contributed by atoms with Crippen LogP contribution in [0.5, 0.6) is 0 Å². The van der Waals surface area contributed by atoms with Gasteiger partial charge in [-0.05, 0) is 31.5 Å². The molecule has 0 saturated carbocycles. The molecule has 1 saturated heterocycles. The van der Waals surface area contributed by atoms with Gasteiger partial charge in [0.05, 0.1) is 11.2 Å². The Kier molecular flexibility index (Phi) is 3.56. The summed E-state index contributed by atoms with van der Waals surface area (Å²) >= 11 is 0. The second kappa shape index (κ2) is 5.74. The van der Waals surface area contributed by atoms with E-state index in [0.717, 1.165) is 47.5 Å². The zero-order valence-electron chi connectivity index (χ0n) is 13.9. The third-order valence-electron chi connectivity index (χ3n) is 4.75. The van der Waals surface area contributed by atoms with Gasteiger partial charge in [-0.2, -0.15) is 0 Å². The number of hydrogen-bond donors (Lipinski definition) is 0. The van der Waals surface area contributed by atoms with E-state index in [1.165, 1.54) is 0 Å². The third-order valence-corrected chi connectivity index (χ3v) is 4.75. The summed E-state index contributed by atoms with van der Waals surface area (Å²) in [4.78, 5) is 23.9. The van der Waals surface area contributed by atoms with Gasteiger partial charge in [0.15, 0.2) is 0 Å². The molecule has 24 heavy (non-hydrogen) atoms. The highest BCUT2D eigenvalue weighted by molar-refractivity contribution is 6.06. The van der Waals surface area contributed by atoms with E-state index < -0.39 is 0 Å². The van der Waals surface area contributed by atoms with E-state index in [2.05, 4.69) is 14.5 Å². The standard InChI is InChI=1S/C19H20N4O/c1-13-11-22(2)18(21-13)14-8-10-23(12-14)19(24)16-5-3-7-17-15(16)6-4-9-20-17/h3-7,9,11,14H,8,10,12H2,1-2H3/t14-/m1/s1. The second-order valence-electron chi connectivity index (χ2n) is 6.46. The first-order chi connectivity index (χ1) is 11.6. The normalized spacial score (nSPS) is 17.6. The van der Waals surface area contributed by atoms with Gasteiger partial charge in [-0.3, -0.25) is 9.78 Å². The summed E-state index contributed by atoms with van der Waals surface area (Å²) in [6.45, 7) is 3.50. The molecular formula is C19H20N4O. The number of carbonyl (C=O) groups is 1. The fraction of sp³-hybridized carbons (Fsp3) is 0.316. The molecule has 0 unspecified atom stereocenters. The number of carbonyl (C=O) groups excluding carboxylic acids is 1. The predicted molar refractivity (Wildman–Crippen MR) is 92.9 cm³/mol. The van der Waals surface area contributed by atoms with E-state index in [0.29, 0.717) is 5.92 Å². The van der Waals surface area contributed by atoms with E-state index >= 15 is 0 Å². The van der Waals surface area contributed by atoms with Crippen LogP contribution in [0.4, 0.5) is 0 Å². The van der Waals surface area contributed by atoms with Crippen molar-refractivity contribution in [3.05, 3.63) is 59.8 Å². The van der Waals surface area contributed by atoms with Crippen LogP contribution in [0.2, 0.25) is 0 Å². The summed E-state index contributed by atoms with van der Waals surface area (Å²) in [5, 5.41) is 0.918. The van der Waals surface area contributed by atoms with E-state index in [-0.39, 0.29) is 5.91 Å². The highest BCUT2D eigenvalue weighted by atomic mass is 16.2. The van der Waals surface area contributed by atoms with Crippen LogP contribution in [-0.4, -0.2) is 38.4 Å². The maximum atomic E-state index is 13.0. The molecule has 0 aliphatic carbocycles. The van der Waals surface area contributed by atoms with Crippen molar-refractivity contribution in [1.29, 1.82) is 0 Å². The SMILES string of the molecule is Cc1cn(C)c([C@@H]2CCN(C(=O)c3cccc4ncccc34)C2)n1. The first kappa shape index (κ1) is 14.9. The van der Waals surface area contributed by atoms with Gasteiger partial charge in [-0.25, -0.2) is 4.98 Å². The van der Waals surface area contributed by atoms with Gasteiger partial charge < -0.3 is 9.47 Å². The monoisotopic (exact) mass is 320 g/mol. The largest absolute Gasteiger partial charge is 0.338 e. The lowest BCUT2D eigenvalue weighted by atomic mass is 10.1. The molecular weight excluding hydrogens is 300 g/mol.